The van der Waals surface area contributed by atoms with Crippen LogP contribution in [0.4, 0.5) is 0 Å². The molecule has 2 heterocycles. The summed E-state index contributed by atoms with van der Waals surface area (Å²) in [5, 5.41) is 4.40. The average molecular weight is 349 g/mol. The van der Waals surface area contributed by atoms with Gasteiger partial charge in [-0.3, -0.25) is 4.79 Å². The van der Waals surface area contributed by atoms with E-state index >= 15 is 0 Å². The fourth-order valence-corrected chi connectivity index (χ4v) is 3.60. The second kappa shape index (κ2) is 6.14. The highest BCUT2D eigenvalue weighted by Gasteiger charge is 2.13. The number of ether oxygens (including phenoxy) is 1. The van der Waals surface area contributed by atoms with Crippen LogP contribution in [0.3, 0.4) is 0 Å². The fourth-order valence-electron chi connectivity index (χ4n) is 2.70. The van der Waals surface area contributed by atoms with Gasteiger partial charge in [-0.05, 0) is 24.6 Å². The third-order valence-corrected chi connectivity index (χ3v) is 4.95. The number of aromatic nitrogens is 3. The Labute approximate surface area is 147 Å². The molecule has 0 N–H and O–H groups in total. The van der Waals surface area contributed by atoms with E-state index in [1.165, 1.54) is 15.9 Å². The molecule has 2 aromatic carbocycles. The molecule has 25 heavy (non-hydrogen) atoms. The number of fused-ring (bicyclic) bond motifs is 1. The Balaban J connectivity index is 1.85. The van der Waals surface area contributed by atoms with Crippen LogP contribution >= 0.6 is 11.3 Å². The molecule has 4 rings (SSSR count). The zero-order valence-corrected chi connectivity index (χ0v) is 14.6. The van der Waals surface area contributed by atoms with E-state index in [4.69, 9.17) is 4.74 Å². The van der Waals surface area contributed by atoms with Crippen molar-refractivity contribution in [3.8, 4) is 17.1 Å². The van der Waals surface area contributed by atoms with Crippen molar-refractivity contribution in [1.82, 2.24) is 14.6 Å². The Bertz CT molecular complexity index is 1180. The monoisotopic (exact) mass is 349 g/mol. The summed E-state index contributed by atoms with van der Waals surface area (Å²) >= 11 is 1.33. The van der Waals surface area contributed by atoms with Gasteiger partial charge < -0.3 is 4.74 Å². The van der Waals surface area contributed by atoms with Crippen LogP contribution in [-0.4, -0.2) is 21.7 Å². The summed E-state index contributed by atoms with van der Waals surface area (Å²) in [6.45, 7) is 2.00. The van der Waals surface area contributed by atoms with Crippen LogP contribution in [-0.2, 0) is 0 Å². The lowest BCUT2D eigenvalue weighted by Crippen LogP contribution is -2.23. The molecule has 6 heteroatoms. The zero-order valence-electron chi connectivity index (χ0n) is 13.8. The fraction of sp³-hybridized carbons (Fsp3) is 0.105. The molecule has 0 aliphatic carbocycles. The lowest BCUT2D eigenvalue weighted by molar-refractivity contribution is 0.414. The van der Waals surface area contributed by atoms with E-state index in [1.807, 2.05) is 61.5 Å². The van der Waals surface area contributed by atoms with Gasteiger partial charge in [0.2, 0.25) is 4.96 Å². The van der Waals surface area contributed by atoms with Gasteiger partial charge in [0, 0.05) is 11.1 Å². The molecule has 0 fully saturated rings. The SMILES string of the molecule is COc1ccccc1/C=c1\sc2nc(-c3ccccc3C)nn2c1=O. The minimum atomic E-state index is -0.168. The first kappa shape index (κ1) is 15.5. The maximum Gasteiger partial charge on any atom is 0.291 e. The third-order valence-electron chi connectivity index (χ3n) is 3.99. The normalized spacial score (nSPS) is 12.0. The van der Waals surface area contributed by atoms with Crippen molar-refractivity contribution in [1.29, 1.82) is 0 Å². The molecule has 2 aromatic heterocycles. The summed E-state index contributed by atoms with van der Waals surface area (Å²) in [5.41, 5.74) is 2.70. The smallest absolute Gasteiger partial charge is 0.291 e. The van der Waals surface area contributed by atoms with Gasteiger partial charge in [0.25, 0.3) is 5.56 Å². The zero-order chi connectivity index (χ0) is 17.4. The highest BCUT2D eigenvalue weighted by atomic mass is 32.1. The number of nitrogens with zero attached hydrogens (tertiary/aromatic N) is 3. The van der Waals surface area contributed by atoms with Crippen LogP contribution < -0.4 is 14.8 Å². The van der Waals surface area contributed by atoms with E-state index < -0.39 is 0 Å². The summed E-state index contributed by atoms with van der Waals surface area (Å²) < 4.78 is 7.28. The third kappa shape index (κ3) is 2.70. The summed E-state index contributed by atoms with van der Waals surface area (Å²) in [4.78, 5) is 17.8. The van der Waals surface area contributed by atoms with Gasteiger partial charge in [-0.15, -0.1) is 5.10 Å². The molecule has 0 amide bonds. The standard InChI is InChI=1S/C19H15N3O2S/c1-12-7-3-5-9-14(12)17-20-19-22(21-17)18(23)16(25-19)11-13-8-4-6-10-15(13)24-2/h3-11H,1-2H3/b16-11-. The van der Waals surface area contributed by atoms with E-state index in [0.29, 0.717) is 15.3 Å². The number of rotatable bonds is 3. The summed E-state index contributed by atoms with van der Waals surface area (Å²) in [6.07, 6.45) is 1.82. The summed E-state index contributed by atoms with van der Waals surface area (Å²) in [7, 11) is 1.61. The second-order valence-corrected chi connectivity index (χ2v) is 6.61. The van der Waals surface area contributed by atoms with E-state index in [1.54, 1.807) is 7.11 Å². The highest BCUT2D eigenvalue weighted by molar-refractivity contribution is 7.15. The van der Waals surface area contributed by atoms with Crippen molar-refractivity contribution in [2.45, 2.75) is 6.92 Å². The van der Waals surface area contributed by atoms with Crippen LogP contribution in [0.15, 0.2) is 53.3 Å². The molecule has 4 aromatic rings. The predicted octanol–water partition coefficient (Wildman–Crippen LogP) is 2.68. The molecule has 0 bridgehead atoms. The second-order valence-electron chi connectivity index (χ2n) is 5.60. The van der Waals surface area contributed by atoms with Gasteiger partial charge in [0.1, 0.15) is 5.75 Å². The molecule has 0 spiro atoms. The van der Waals surface area contributed by atoms with Gasteiger partial charge in [0.15, 0.2) is 5.82 Å². The van der Waals surface area contributed by atoms with Crippen molar-refractivity contribution in [2.24, 2.45) is 0 Å². The summed E-state index contributed by atoms with van der Waals surface area (Å²) in [5.74, 6) is 1.30. The molecule has 0 saturated carbocycles. The average Bonchev–Trinajstić information content (AvgIpc) is 3.16. The highest BCUT2D eigenvalue weighted by Crippen LogP contribution is 2.21. The molecule has 5 nitrogen and oxygen atoms in total. The number of thiazole rings is 1. The minimum absolute atomic E-state index is 0.168. The van der Waals surface area contributed by atoms with Crippen molar-refractivity contribution in [3.05, 3.63) is 74.5 Å². The summed E-state index contributed by atoms with van der Waals surface area (Å²) in [6, 6.07) is 15.5. The van der Waals surface area contributed by atoms with Gasteiger partial charge >= 0.3 is 0 Å². The quantitative estimate of drug-likeness (QED) is 0.571. The lowest BCUT2D eigenvalue weighted by Gasteiger charge is -2.02. The molecule has 0 aliphatic rings. The Morgan fingerprint density at radius 1 is 1.12 bits per heavy atom. The number of aryl methyl sites for hydroxylation is 1. The molecule has 0 radical (unpaired) electrons. The van der Waals surface area contributed by atoms with Gasteiger partial charge in [0.05, 0.1) is 11.6 Å². The number of hydrogen-bond donors (Lipinski definition) is 0. The first-order valence-corrected chi connectivity index (χ1v) is 8.59. The van der Waals surface area contributed by atoms with Crippen LogP contribution in [0.2, 0.25) is 0 Å². The van der Waals surface area contributed by atoms with Gasteiger partial charge in [-0.2, -0.15) is 9.50 Å². The van der Waals surface area contributed by atoms with E-state index in [2.05, 4.69) is 10.1 Å². The van der Waals surface area contributed by atoms with E-state index in [9.17, 15) is 4.79 Å². The number of hydrogen-bond acceptors (Lipinski definition) is 5. The Kier molecular flexibility index (Phi) is 3.82. The molecule has 124 valence electrons. The Morgan fingerprint density at radius 2 is 1.88 bits per heavy atom. The van der Waals surface area contributed by atoms with Gasteiger partial charge in [-0.1, -0.05) is 53.8 Å². The number of benzene rings is 2. The maximum absolute atomic E-state index is 12.7. The Hall–Kier alpha value is -2.99. The van der Waals surface area contributed by atoms with Crippen LogP contribution in [0.5, 0.6) is 5.75 Å². The topological polar surface area (TPSA) is 56.5 Å². The van der Waals surface area contributed by atoms with Crippen LogP contribution in [0.1, 0.15) is 11.1 Å². The largest absolute Gasteiger partial charge is 0.496 e. The maximum atomic E-state index is 12.7. The van der Waals surface area contributed by atoms with Crippen LogP contribution in [0, 0.1) is 6.92 Å². The number of methoxy groups -OCH3 is 1. The van der Waals surface area contributed by atoms with Gasteiger partial charge in [-0.25, -0.2) is 0 Å². The minimum Gasteiger partial charge on any atom is -0.496 e. The molecular weight excluding hydrogens is 334 g/mol. The van der Waals surface area contributed by atoms with E-state index in [0.717, 1.165) is 22.4 Å². The molecule has 0 saturated heterocycles. The Morgan fingerprint density at radius 3 is 2.64 bits per heavy atom. The predicted molar refractivity (Wildman–Crippen MR) is 99.1 cm³/mol. The van der Waals surface area contributed by atoms with Crippen molar-refractivity contribution in [3.63, 3.8) is 0 Å². The number of para-hydroxylation sites is 1. The first-order valence-electron chi connectivity index (χ1n) is 7.77. The van der Waals surface area contributed by atoms with Crippen molar-refractivity contribution in [2.75, 3.05) is 7.11 Å². The molecular formula is C19H15N3O2S. The van der Waals surface area contributed by atoms with Crippen LogP contribution in [0.25, 0.3) is 22.4 Å². The lowest BCUT2D eigenvalue weighted by atomic mass is 10.1. The van der Waals surface area contributed by atoms with E-state index in [-0.39, 0.29) is 5.56 Å². The molecule has 0 unspecified atom stereocenters. The molecule has 0 atom stereocenters. The molecule has 0 aliphatic heterocycles. The van der Waals surface area contributed by atoms with Crippen molar-refractivity contribution < 1.29 is 4.74 Å². The van der Waals surface area contributed by atoms with Crippen molar-refractivity contribution >= 4 is 22.4 Å². The first-order chi connectivity index (χ1) is 12.2.